The van der Waals surface area contributed by atoms with Gasteiger partial charge in [0.2, 0.25) is 0 Å². The van der Waals surface area contributed by atoms with Gasteiger partial charge in [-0.1, -0.05) is 24.6 Å². The molecule has 2 atom stereocenters. The fraction of sp³-hybridized carbons (Fsp3) is 0.700. The average Bonchev–Trinajstić information content (AvgIpc) is 2.94. The first-order valence-electron chi connectivity index (χ1n) is 9.70. The van der Waals surface area contributed by atoms with Crippen molar-refractivity contribution in [1.29, 1.82) is 0 Å². The van der Waals surface area contributed by atoms with E-state index in [-0.39, 0.29) is 0 Å². The second-order valence-electron chi connectivity index (χ2n) is 7.34. The number of unbranched alkanes of at least 4 members (excludes halogenated alkanes) is 1. The summed E-state index contributed by atoms with van der Waals surface area (Å²) in [7, 11) is 0. The molecule has 2 heterocycles. The van der Waals surface area contributed by atoms with E-state index in [1.54, 1.807) is 0 Å². The Hall–Kier alpha value is -1.17. The van der Waals surface area contributed by atoms with E-state index in [0.717, 1.165) is 24.3 Å². The molecule has 0 amide bonds. The zero-order chi connectivity index (χ0) is 17.5. The fourth-order valence-electron chi connectivity index (χ4n) is 3.77. The van der Waals surface area contributed by atoms with Crippen molar-refractivity contribution < 1.29 is 14.2 Å². The van der Waals surface area contributed by atoms with Crippen LogP contribution in [0.3, 0.4) is 0 Å². The van der Waals surface area contributed by atoms with Crippen LogP contribution in [0.15, 0.2) is 24.3 Å². The monoisotopic (exact) mass is 350 g/mol. The van der Waals surface area contributed by atoms with Crippen LogP contribution in [0.1, 0.15) is 37.7 Å². The number of piperidine rings is 1. The lowest BCUT2D eigenvalue weighted by Gasteiger charge is -2.26. The molecule has 0 radical (unpaired) electrons. The first-order valence-corrected chi connectivity index (χ1v) is 9.70. The molecular weight excluding hydrogens is 319 g/mol. The highest BCUT2D eigenvalue weighted by atomic mass is 19.1. The van der Waals surface area contributed by atoms with Gasteiger partial charge in [0.15, 0.2) is 0 Å². The number of alkyl halides is 1. The van der Waals surface area contributed by atoms with Gasteiger partial charge in [-0.05, 0) is 51.4 Å². The van der Waals surface area contributed by atoms with Crippen LogP contribution in [0.5, 0.6) is 5.75 Å². The van der Waals surface area contributed by atoms with Crippen molar-refractivity contribution in [2.45, 2.75) is 50.9 Å². The summed E-state index contributed by atoms with van der Waals surface area (Å²) in [6.07, 6.45) is 4.30. The molecule has 1 N–H and O–H groups in total. The Bertz CT molecular complexity index is 512. The average molecular weight is 350 g/mol. The third-order valence-corrected chi connectivity index (χ3v) is 5.24. The number of benzene rings is 1. The molecule has 3 rings (SSSR count). The van der Waals surface area contributed by atoms with E-state index in [2.05, 4.69) is 4.90 Å². The van der Waals surface area contributed by atoms with E-state index in [9.17, 15) is 9.50 Å². The maximum atomic E-state index is 13.5. The van der Waals surface area contributed by atoms with Crippen molar-refractivity contribution in [3.63, 3.8) is 0 Å². The van der Waals surface area contributed by atoms with Crippen molar-refractivity contribution in [1.82, 2.24) is 9.80 Å². The molecule has 2 aliphatic rings. The van der Waals surface area contributed by atoms with Gasteiger partial charge in [0, 0.05) is 25.2 Å². The summed E-state index contributed by atoms with van der Waals surface area (Å²) in [5, 5.41) is 9.57. The third-order valence-electron chi connectivity index (χ3n) is 5.24. The number of nitrogens with zero attached hydrogens (tertiary/aromatic N) is 2. The second-order valence-corrected chi connectivity index (χ2v) is 7.34. The van der Waals surface area contributed by atoms with Gasteiger partial charge in [-0.15, -0.1) is 0 Å². The molecule has 2 saturated heterocycles. The SMILES string of the molecule is O[C@@H]1CN(Cc2ccccc2OCCCCN2CCCCC2)C[C@H]1F. The molecule has 0 unspecified atom stereocenters. The Morgan fingerprint density at radius 3 is 2.60 bits per heavy atom. The molecule has 5 heteroatoms. The molecule has 0 aliphatic carbocycles. The molecule has 0 saturated carbocycles. The van der Waals surface area contributed by atoms with Crippen LogP contribution < -0.4 is 4.74 Å². The lowest BCUT2D eigenvalue weighted by Crippen LogP contribution is -2.30. The number of hydrogen-bond donors (Lipinski definition) is 1. The van der Waals surface area contributed by atoms with E-state index in [1.165, 1.54) is 45.3 Å². The maximum absolute atomic E-state index is 13.5. The van der Waals surface area contributed by atoms with Crippen LogP contribution >= 0.6 is 0 Å². The zero-order valence-electron chi connectivity index (χ0n) is 15.1. The van der Waals surface area contributed by atoms with Gasteiger partial charge in [-0.3, -0.25) is 4.90 Å². The van der Waals surface area contributed by atoms with Crippen molar-refractivity contribution in [3.8, 4) is 5.75 Å². The number of aliphatic hydroxyl groups excluding tert-OH is 1. The molecule has 0 bridgehead atoms. The standard InChI is InChI=1S/C20H31FN2O2/c21-18-15-23(16-19(18)24)14-17-8-2-3-9-20(17)25-13-7-6-12-22-10-4-1-5-11-22/h2-3,8-9,18-19,24H,1,4-7,10-16H2/t18-,19-/m1/s1. The Balaban J connectivity index is 1.40. The second kappa shape index (κ2) is 9.51. The lowest BCUT2D eigenvalue weighted by molar-refractivity contribution is 0.115. The van der Waals surface area contributed by atoms with E-state index in [1.807, 2.05) is 29.2 Å². The number of rotatable bonds is 8. The van der Waals surface area contributed by atoms with Gasteiger partial charge in [0.05, 0.1) is 12.7 Å². The van der Waals surface area contributed by atoms with Gasteiger partial charge in [0.25, 0.3) is 0 Å². The number of β-amino-alcohol motifs (C(OH)–C–C–N with tert-alkyl or cyclic N) is 1. The van der Waals surface area contributed by atoms with Gasteiger partial charge in [-0.2, -0.15) is 0 Å². The number of hydrogen-bond acceptors (Lipinski definition) is 4. The summed E-state index contributed by atoms with van der Waals surface area (Å²) in [5.74, 6) is 0.886. The van der Waals surface area contributed by atoms with Gasteiger partial charge in [-0.25, -0.2) is 4.39 Å². The topological polar surface area (TPSA) is 35.9 Å². The van der Waals surface area contributed by atoms with Gasteiger partial charge < -0.3 is 14.7 Å². The molecule has 140 valence electrons. The minimum absolute atomic E-state index is 0.297. The third kappa shape index (κ3) is 5.66. The normalized spacial score (nSPS) is 25.4. The van der Waals surface area contributed by atoms with Gasteiger partial charge >= 0.3 is 0 Å². The summed E-state index contributed by atoms with van der Waals surface area (Å²) in [6, 6.07) is 7.97. The highest BCUT2D eigenvalue weighted by Gasteiger charge is 2.31. The lowest BCUT2D eigenvalue weighted by atomic mass is 10.1. The molecule has 0 spiro atoms. The van der Waals surface area contributed by atoms with Crippen molar-refractivity contribution in [2.24, 2.45) is 0 Å². The molecule has 1 aromatic rings. The molecular formula is C20H31FN2O2. The van der Waals surface area contributed by atoms with E-state index in [0.29, 0.717) is 19.6 Å². The first-order chi connectivity index (χ1) is 12.2. The van der Waals surface area contributed by atoms with E-state index >= 15 is 0 Å². The highest BCUT2D eigenvalue weighted by Crippen LogP contribution is 2.23. The number of halogens is 1. The predicted molar refractivity (Wildman–Crippen MR) is 97.6 cm³/mol. The van der Waals surface area contributed by atoms with Crippen LogP contribution in [-0.4, -0.2) is 66.5 Å². The highest BCUT2D eigenvalue weighted by molar-refractivity contribution is 5.33. The largest absolute Gasteiger partial charge is 0.493 e. The minimum Gasteiger partial charge on any atom is -0.493 e. The van der Waals surface area contributed by atoms with Crippen LogP contribution in [0, 0.1) is 0 Å². The smallest absolute Gasteiger partial charge is 0.140 e. The van der Waals surface area contributed by atoms with Gasteiger partial charge in [0.1, 0.15) is 11.9 Å². The molecule has 0 aromatic heterocycles. The zero-order valence-corrected chi connectivity index (χ0v) is 15.1. The Morgan fingerprint density at radius 1 is 1.04 bits per heavy atom. The number of likely N-dealkylation sites (tertiary alicyclic amines) is 2. The maximum Gasteiger partial charge on any atom is 0.140 e. The number of aliphatic hydroxyl groups is 1. The minimum atomic E-state index is -1.14. The van der Waals surface area contributed by atoms with E-state index < -0.39 is 12.3 Å². The summed E-state index contributed by atoms with van der Waals surface area (Å²) >= 11 is 0. The molecule has 2 aliphatic heterocycles. The van der Waals surface area contributed by atoms with Crippen LogP contribution in [0.4, 0.5) is 4.39 Å². The molecule has 1 aromatic carbocycles. The Morgan fingerprint density at radius 2 is 1.84 bits per heavy atom. The van der Waals surface area contributed by atoms with Crippen molar-refractivity contribution in [2.75, 3.05) is 39.3 Å². The Kier molecular flexibility index (Phi) is 7.08. The Labute approximate surface area is 150 Å². The predicted octanol–water partition coefficient (Wildman–Crippen LogP) is 2.85. The van der Waals surface area contributed by atoms with Crippen molar-refractivity contribution in [3.05, 3.63) is 29.8 Å². The molecule has 2 fully saturated rings. The summed E-state index contributed by atoms with van der Waals surface area (Å²) in [5.41, 5.74) is 1.07. The summed E-state index contributed by atoms with van der Waals surface area (Å²) < 4.78 is 19.5. The quantitative estimate of drug-likeness (QED) is 0.732. The first kappa shape index (κ1) is 18.6. The van der Waals surface area contributed by atoms with E-state index in [4.69, 9.17) is 4.74 Å². The van der Waals surface area contributed by atoms with Crippen LogP contribution in [0.25, 0.3) is 0 Å². The number of para-hydroxylation sites is 1. The van der Waals surface area contributed by atoms with Crippen molar-refractivity contribution >= 4 is 0 Å². The molecule has 4 nitrogen and oxygen atoms in total. The van der Waals surface area contributed by atoms with Crippen LogP contribution in [0.2, 0.25) is 0 Å². The summed E-state index contributed by atoms with van der Waals surface area (Å²) in [4.78, 5) is 4.51. The molecule has 25 heavy (non-hydrogen) atoms. The summed E-state index contributed by atoms with van der Waals surface area (Å²) in [6.45, 7) is 5.72. The van der Waals surface area contributed by atoms with Crippen LogP contribution in [-0.2, 0) is 6.54 Å². The fourth-order valence-corrected chi connectivity index (χ4v) is 3.77. The number of ether oxygens (including phenoxy) is 1.